The van der Waals surface area contributed by atoms with E-state index in [9.17, 15) is 33.6 Å². The number of aromatic carboxylic acids is 3. The number of hydrogen-bond acceptors (Lipinski definition) is 21. The van der Waals surface area contributed by atoms with E-state index >= 15 is 0 Å². The first-order valence-corrected chi connectivity index (χ1v) is 49.8. The summed E-state index contributed by atoms with van der Waals surface area (Å²) >= 11 is 10.9. The maximum atomic E-state index is 12.1. The Hall–Kier alpha value is -13.4. The molecule has 0 atom stereocenters. The van der Waals surface area contributed by atoms with Gasteiger partial charge < -0.3 is 57.5 Å². The molecule has 0 aliphatic rings. The van der Waals surface area contributed by atoms with Crippen LogP contribution >= 0.6 is 87.8 Å². The molecule has 0 fully saturated rings. The van der Waals surface area contributed by atoms with Gasteiger partial charge >= 0.3 is 54.7 Å². The summed E-state index contributed by atoms with van der Waals surface area (Å²) in [5, 5.41) is 44.8. The summed E-state index contributed by atoms with van der Waals surface area (Å²) in [7, 11) is 1.74. The molecule has 0 saturated heterocycles. The Morgan fingerprint density at radius 1 is 0.328 bits per heavy atom. The van der Waals surface area contributed by atoms with Crippen LogP contribution < -0.4 is 67.7 Å². The largest absolute Gasteiger partial charge is 1.00 e. The van der Waals surface area contributed by atoms with Crippen molar-refractivity contribution < 1.29 is 110 Å². The van der Waals surface area contributed by atoms with E-state index in [2.05, 4.69) is 238 Å². The van der Waals surface area contributed by atoms with Crippen molar-refractivity contribution >= 4 is 210 Å². The molecule has 0 saturated carbocycles. The van der Waals surface area contributed by atoms with Crippen LogP contribution in [-0.2, 0) is 25.7 Å². The number of carboxylic acid groups (broad SMARTS) is 3. The Bertz CT molecular complexity index is 6150. The van der Waals surface area contributed by atoms with Gasteiger partial charge in [-0.1, -0.05) is 259 Å². The van der Waals surface area contributed by atoms with E-state index in [0.29, 0.717) is 39.1 Å². The second-order valence-electron chi connectivity index (χ2n) is 27.8. The first-order valence-electron chi connectivity index (χ1n) is 40.6. The summed E-state index contributed by atoms with van der Waals surface area (Å²) < 4.78 is 14.2. The van der Waals surface area contributed by atoms with E-state index in [1.807, 2.05) is 131 Å². The maximum absolute atomic E-state index is 12.1. The number of ether oxygens (including phenoxy) is 3. The van der Waals surface area contributed by atoms with E-state index in [-0.39, 0.29) is 64.7 Å². The number of halogens is 2. The summed E-state index contributed by atoms with van der Waals surface area (Å²) in [5.74, 6) is -3.66. The molecule has 0 unspecified atom stereocenters. The van der Waals surface area contributed by atoms with Crippen LogP contribution in [0, 0.1) is 0 Å². The van der Waals surface area contributed by atoms with Gasteiger partial charge in [0.1, 0.15) is 28.9 Å². The predicted molar refractivity (Wildman–Crippen MR) is 557 cm³/mol. The molecule has 690 valence electrons. The molecule has 5 aromatic heterocycles. The van der Waals surface area contributed by atoms with Gasteiger partial charge in [0.15, 0.2) is 6.29 Å². The number of benzene rings is 12. The van der Waals surface area contributed by atoms with Gasteiger partial charge in [0, 0.05) is 32.2 Å². The third kappa shape index (κ3) is 37.3. The number of thiazole rings is 5. The molecule has 6 N–H and O–H groups in total. The van der Waals surface area contributed by atoms with Gasteiger partial charge in [0.05, 0.1) is 111 Å². The number of carbonyl (C=O) groups excluding carboxylic acids is 4. The average molecular weight is 2080 g/mol. The normalized spacial score (nSPS) is 10.3. The molecule has 0 radical (unpaired) electrons. The van der Waals surface area contributed by atoms with E-state index in [1.165, 1.54) is 98.5 Å². The SMILES string of the molecule is COC(=O)c1cccc(/C=C/c2cscn2)c1.COC(=O)c1cccc(CBr)c1.COC(=O)c1cccc(C[P+](c2ccccc2)(c2ccccc2)c2ccccc2)c1.O.O=C(O)c1cccc(/C=C/c2cscn2)c1.O=C(O)c1cccc(/C=C/c2cscn2)c1.O=C(O)c1cccc(/C=C\c2cscn2)c1.O=Cc1cscn1.[Br-].[Li+].[OH-].c1ccc(P(c2ccccc2)c2ccccc2)cc1. The van der Waals surface area contributed by atoms with Gasteiger partial charge in [-0.25, -0.2) is 53.7 Å². The standard InChI is InChI=1S/C27H24O2P.C18H15P.C13H11NO2S.3C12H9NO2S.C9H9BrO2.C4H3NOS.BrH.Li.2H2O/c1-29-27(28)23-13-11-12-22(20-23)21-30(24-14-5-2-6-15-24,25-16-7-3-8-17-25)26-18-9-4-10-19-26;1-4-10-16(11-5-1)19(17-12-6-2-7-13-17)18-14-8-3-9-15-18;1-16-13(15)11-4-2-3-10(7-11)5-6-12-8-17-9-14-12;3*14-12(15)10-3-1-2-9(6-10)4-5-11-7-16-8-13-11;1-12-9(11)8-4-2-3-7(5-8)6-10;6-1-4-2-7-3-5-4;;;;/h2-20H,21H2,1H3;1-15H;2-9H,1H3;3*1-8H,(H,14,15);2-5H,6H2,1H3;1-3H;1H;;2*1H2/q+1;;;;;;;;;+1;;/p-2/b;;6-5+;2*5-4+;5-4-;;;;;;. The van der Waals surface area contributed by atoms with Crippen LogP contribution in [0.5, 0.6) is 0 Å². The Morgan fingerprint density at radius 3 is 0.818 bits per heavy atom. The fourth-order valence-corrected chi connectivity index (χ4v) is 21.9. The number of hydrogen-bond donors (Lipinski definition) is 3. The van der Waals surface area contributed by atoms with Gasteiger partial charge in [0.25, 0.3) is 0 Å². The van der Waals surface area contributed by atoms with Crippen LogP contribution in [0.1, 0.15) is 129 Å². The van der Waals surface area contributed by atoms with Crippen molar-refractivity contribution in [1.82, 2.24) is 24.9 Å². The smallest absolute Gasteiger partial charge is 1.00 e. The van der Waals surface area contributed by atoms with E-state index in [1.54, 1.807) is 123 Å². The van der Waals surface area contributed by atoms with E-state index in [0.717, 1.165) is 73.9 Å². The van der Waals surface area contributed by atoms with Gasteiger partial charge in [-0.2, -0.15) is 0 Å². The second-order valence-corrected chi connectivity index (χ2v) is 37.6. The number of carbonyl (C=O) groups is 7. The van der Waals surface area contributed by atoms with E-state index < -0.39 is 33.1 Å². The second kappa shape index (κ2) is 62.3. The number of nitrogens with zero attached hydrogens (tertiary/aromatic N) is 5. The zero-order chi connectivity index (χ0) is 94.0. The number of rotatable bonds is 24. The first kappa shape index (κ1) is 112. The van der Waals surface area contributed by atoms with Crippen molar-refractivity contribution in [2.45, 2.75) is 11.5 Å². The third-order valence-electron chi connectivity index (χ3n) is 18.8. The van der Waals surface area contributed by atoms with Crippen LogP contribution in [0.15, 0.2) is 382 Å². The van der Waals surface area contributed by atoms with Crippen molar-refractivity contribution in [2.24, 2.45) is 0 Å². The number of esters is 3. The zero-order valence-electron chi connectivity index (χ0n) is 74.4. The van der Waals surface area contributed by atoms with Crippen LogP contribution in [0.3, 0.4) is 0 Å². The molecule has 20 nitrogen and oxygen atoms in total. The van der Waals surface area contributed by atoms with Crippen LogP contribution in [0.2, 0.25) is 0 Å². The van der Waals surface area contributed by atoms with Crippen LogP contribution in [0.25, 0.3) is 48.6 Å². The fraction of sp³-hybridized carbons (Fsp3) is 0.0467. The molecule has 137 heavy (non-hydrogen) atoms. The molecule has 0 aliphatic heterocycles. The summed E-state index contributed by atoms with van der Waals surface area (Å²) in [4.78, 5) is 96.7. The van der Waals surface area contributed by atoms with Crippen molar-refractivity contribution in [3.63, 3.8) is 0 Å². The number of aldehydes is 1. The molecule has 30 heteroatoms. The van der Waals surface area contributed by atoms with Crippen LogP contribution in [0.4, 0.5) is 0 Å². The van der Waals surface area contributed by atoms with E-state index in [4.69, 9.17) is 20.1 Å². The maximum Gasteiger partial charge on any atom is 1.00 e. The Balaban J connectivity index is 0.000000245. The van der Waals surface area contributed by atoms with Crippen molar-refractivity contribution in [2.75, 3.05) is 21.3 Å². The van der Waals surface area contributed by atoms with Crippen molar-refractivity contribution in [3.05, 3.63) is 477 Å². The molecule has 5 heterocycles. The van der Waals surface area contributed by atoms with Gasteiger partial charge in [-0.3, -0.25) is 4.79 Å². The summed E-state index contributed by atoms with van der Waals surface area (Å²) in [5.41, 5.74) is 21.1. The molecular formula is C107H92Br2LiN5O15P2S5. The minimum absolute atomic E-state index is 0. The van der Waals surface area contributed by atoms with Gasteiger partial charge in [0.2, 0.25) is 0 Å². The number of alkyl halides is 1. The number of aromatic nitrogens is 5. The van der Waals surface area contributed by atoms with Crippen LogP contribution in [-0.4, -0.2) is 115 Å². The first-order chi connectivity index (χ1) is 64.9. The average Bonchev–Trinajstić information content (AvgIpc) is 1.57. The predicted octanol–water partition coefficient (Wildman–Crippen LogP) is 16.9. The Morgan fingerprint density at radius 2 is 0.569 bits per heavy atom. The zero-order valence-corrected chi connectivity index (χ0v) is 83.4. The number of methoxy groups -OCH3 is 3. The minimum Gasteiger partial charge on any atom is -1.00 e. The monoisotopic (exact) mass is 2070 g/mol. The summed E-state index contributed by atoms with van der Waals surface area (Å²) in [6.07, 6.45) is 16.5. The molecule has 0 spiro atoms. The number of carboxylic acids is 3. The summed E-state index contributed by atoms with van der Waals surface area (Å²) in [6, 6.07) is 107. The topological polar surface area (TPSA) is 334 Å². The van der Waals surface area contributed by atoms with Crippen molar-refractivity contribution in [3.8, 4) is 0 Å². The molecular weight excluding hydrogens is 1980 g/mol. The fourth-order valence-electron chi connectivity index (χ4n) is 12.5. The Kier molecular flexibility index (Phi) is 51.0. The van der Waals surface area contributed by atoms with Crippen molar-refractivity contribution in [1.29, 1.82) is 0 Å². The third-order valence-corrected chi connectivity index (χ3v) is 29.3. The molecule has 0 amide bonds. The molecule has 0 bridgehead atoms. The minimum atomic E-state index is -1.99. The van der Waals surface area contributed by atoms with Gasteiger partial charge in [-0.05, 0) is 191 Å². The molecule has 17 rings (SSSR count). The quantitative estimate of drug-likeness (QED) is 0.0126. The molecule has 17 aromatic rings. The molecule has 0 aliphatic carbocycles. The van der Waals surface area contributed by atoms with Gasteiger partial charge in [-0.15, -0.1) is 56.7 Å². The Labute approximate surface area is 847 Å². The molecule has 12 aromatic carbocycles. The summed E-state index contributed by atoms with van der Waals surface area (Å²) in [6.45, 7) is 0.